The van der Waals surface area contributed by atoms with Gasteiger partial charge >= 0.3 is 5.97 Å². The number of rotatable bonds is 7. The molecule has 0 radical (unpaired) electrons. The Morgan fingerprint density at radius 3 is 2.48 bits per heavy atom. The normalized spacial score (nSPS) is 35.0. The van der Waals surface area contributed by atoms with Crippen LogP contribution in [0.5, 0.6) is 0 Å². The van der Waals surface area contributed by atoms with Crippen molar-refractivity contribution in [3.8, 4) is 0 Å². The Bertz CT molecular complexity index is 765. The Morgan fingerprint density at radius 1 is 1.18 bits per heavy atom. The van der Waals surface area contributed by atoms with Crippen molar-refractivity contribution in [3.05, 3.63) is 35.5 Å². The second-order valence-electron chi connectivity index (χ2n) is 10.9. The zero-order chi connectivity index (χ0) is 24.2. The third-order valence-corrected chi connectivity index (χ3v) is 8.73. The summed E-state index contributed by atoms with van der Waals surface area (Å²) in [5, 5.41) is 30.3. The molecule has 3 rings (SSSR count). The molecule has 0 heterocycles. The molecule has 5 heteroatoms. The van der Waals surface area contributed by atoms with E-state index in [0.29, 0.717) is 43.9 Å². The number of hydrogen-bond acceptors (Lipinski definition) is 5. The maximum Gasteiger partial charge on any atom is 0.330 e. The highest BCUT2D eigenvalue weighted by Gasteiger charge is 2.51. The monoisotopic (exact) mass is 460 g/mol. The number of ether oxygens (including phenoxy) is 1. The Labute approximate surface area is 199 Å². The molecule has 3 saturated carbocycles. The molecular weight excluding hydrogens is 416 g/mol. The molecule has 0 bridgehead atoms. The van der Waals surface area contributed by atoms with Gasteiger partial charge in [-0.2, -0.15) is 0 Å². The summed E-state index contributed by atoms with van der Waals surface area (Å²) in [4.78, 5) is 12.5. The molecule has 3 fully saturated rings. The highest BCUT2D eigenvalue weighted by atomic mass is 16.5. The van der Waals surface area contributed by atoms with Gasteiger partial charge in [0.15, 0.2) is 0 Å². The van der Waals surface area contributed by atoms with Gasteiger partial charge in [-0.05, 0) is 88.5 Å². The zero-order valence-corrected chi connectivity index (χ0v) is 20.9. The van der Waals surface area contributed by atoms with Gasteiger partial charge in [-0.3, -0.25) is 0 Å². The molecule has 5 nitrogen and oxygen atoms in total. The fourth-order valence-corrected chi connectivity index (χ4v) is 6.59. The van der Waals surface area contributed by atoms with Crippen LogP contribution in [0.2, 0.25) is 0 Å². The van der Waals surface area contributed by atoms with Gasteiger partial charge in [-0.15, -0.1) is 0 Å². The summed E-state index contributed by atoms with van der Waals surface area (Å²) >= 11 is 0. The molecular formula is C28H44O5. The average Bonchev–Trinajstić information content (AvgIpc) is 3.13. The van der Waals surface area contributed by atoms with Crippen molar-refractivity contribution in [2.45, 2.75) is 116 Å². The summed E-state index contributed by atoms with van der Waals surface area (Å²) in [5.41, 5.74) is 1.74. The molecule has 3 N–H and O–H groups in total. The molecule has 0 aromatic carbocycles. The van der Waals surface area contributed by atoms with Gasteiger partial charge in [0.1, 0.15) is 6.10 Å². The van der Waals surface area contributed by atoms with Crippen LogP contribution < -0.4 is 0 Å². The van der Waals surface area contributed by atoms with Gasteiger partial charge in [-0.25, -0.2) is 4.79 Å². The highest BCUT2D eigenvalue weighted by Crippen LogP contribution is 2.58. The van der Waals surface area contributed by atoms with E-state index in [-0.39, 0.29) is 17.5 Å². The average molecular weight is 461 g/mol. The number of aliphatic hydroxyl groups excluding tert-OH is 2. The lowest BCUT2D eigenvalue weighted by Crippen LogP contribution is -2.39. The molecule has 0 saturated heterocycles. The first-order valence-corrected chi connectivity index (χ1v) is 13.0. The van der Waals surface area contributed by atoms with E-state index in [1.165, 1.54) is 11.6 Å². The third-order valence-electron chi connectivity index (χ3n) is 8.73. The van der Waals surface area contributed by atoms with Crippen molar-refractivity contribution in [2.24, 2.45) is 17.3 Å². The SMILES string of the molecule is CCC(O)(/C=C/C(=O)O[C@@H](C)[C@H]1CC[C@H]2/C(=C/C=C3C[C@@H](O)C[C@H](O)C3)CCC[C@]12C)CC. The van der Waals surface area contributed by atoms with E-state index in [0.717, 1.165) is 37.7 Å². The lowest BCUT2D eigenvalue weighted by Gasteiger charge is -2.43. The fraction of sp³-hybridized carbons (Fsp3) is 0.750. The van der Waals surface area contributed by atoms with Gasteiger partial charge in [0, 0.05) is 12.0 Å². The quantitative estimate of drug-likeness (QED) is 0.368. The standard InChI is InChI=1S/C28H44O5/c1-5-28(32,6-2)15-13-26(31)33-19(3)24-11-12-25-21(8-7-14-27(24,25)4)10-9-20-16-22(29)18-23(30)17-20/h9-10,13,15,19,22-25,29-30,32H,5-8,11-12,14,16-18H2,1-4H3/b15-13+,21-10+/t19-,22+,23+,24+,25-,27+/m0/s1. The van der Waals surface area contributed by atoms with Crippen LogP contribution in [0.1, 0.15) is 91.9 Å². The number of fused-ring (bicyclic) bond motifs is 1. The van der Waals surface area contributed by atoms with Crippen molar-refractivity contribution in [3.63, 3.8) is 0 Å². The van der Waals surface area contributed by atoms with E-state index < -0.39 is 17.8 Å². The highest BCUT2D eigenvalue weighted by molar-refractivity contribution is 5.82. The van der Waals surface area contributed by atoms with E-state index in [9.17, 15) is 20.1 Å². The Morgan fingerprint density at radius 2 is 1.85 bits per heavy atom. The molecule has 3 aliphatic rings. The fourth-order valence-electron chi connectivity index (χ4n) is 6.59. The van der Waals surface area contributed by atoms with Crippen LogP contribution in [-0.2, 0) is 9.53 Å². The minimum absolute atomic E-state index is 0.102. The molecule has 33 heavy (non-hydrogen) atoms. The number of esters is 1. The molecule has 6 atom stereocenters. The predicted octanol–water partition coefficient (Wildman–Crippen LogP) is 5.00. The van der Waals surface area contributed by atoms with Crippen LogP contribution in [0.15, 0.2) is 35.5 Å². The number of allylic oxidation sites excluding steroid dienone is 3. The van der Waals surface area contributed by atoms with Crippen molar-refractivity contribution in [1.29, 1.82) is 0 Å². The van der Waals surface area contributed by atoms with Crippen molar-refractivity contribution < 1.29 is 24.9 Å². The largest absolute Gasteiger partial charge is 0.459 e. The molecule has 0 aromatic heterocycles. The predicted molar refractivity (Wildman–Crippen MR) is 130 cm³/mol. The Balaban J connectivity index is 1.67. The summed E-state index contributed by atoms with van der Waals surface area (Å²) in [6, 6.07) is 0. The summed E-state index contributed by atoms with van der Waals surface area (Å²) in [6.45, 7) is 8.19. The van der Waals surface area contributed by atoms with Crippen LogP contribution >= 0.6 is 0 Å². The van der Waals surface area contributed by atoms with Crippen molar-refractivity contribution in [1.82, 2.24) is 0 Å². The Kier molecular flexibility index (Phi) is 8.63. The van der Waals surface area contributed by atoms with Crippen LogP contribution in [0.4, 0.5) is 0 Å². The number of carbonyl (C=O) groups is 1. The van der Waals surface area contributed by atoms with E-state index in [1.807, 2.05) is 20.8 Å². The number of carbonyl (C=O) groups excluding carboxylic acids is 1. The molecule has 0 spiro atoms. The number of aliphatic hydroxyl groups is 3. The maximum absolute atomic E-state index is 12.5. The summed E-state index contributed by atoms with van der Waals surface area (Å²) < 4.78 is 5.82. The molecule has 3 aliphatic carbocycles. The van der Waals surface area contributed by atoms with Gasteiger partial charge in [-0.1, -0.05) is 44.1 Å². The van der Waals surface area contributed by atoms with Crippen LogP contribution in [0, 0.1) is 17.3 Å². The summed E-state index contributed by atoms with van der Waals surface area (Å²) in [7, 11) is 0. The van der Waals surface area contributed by atoms with Crippen molar-refractivity contribution in [2.75, 3.05) is 0 Å². The first-order valence-electron chi connectivity index (χ1n) is 13.0. The van der Waals surface area contributed by atoms with E-state index in [4.69, 9.17) is 4.74 Å². The smallest absolute Gasteiger partial charge is 0.330 e. The van der Waals surface area contributed by atoms with Crippen LogP contribution in [0.3, 0.4) is 0 Å². The van der Waals surface area contributed by atoms with E-state index >= 15 is 0 Å². The van der Waals surface area contributed by atoms with Gasteiger partial charge in [0.25, 0.3) is 0 Å². The molecule has 0 aliphatic heterocycles. The minimum Gasteiger partial charge on any atom is -0.459 e. The molecule has 0 aromatic rings. The van der Waals surface area contributed by atoms with Crippen LogP contribution in [-0.4, -0.2) is 45.2 Å². The van der Waals surface area contributed by atoms with Gasteiger partial charge in [0.2, 0.25) is 0 Å². The molecule has 0 unspecified atom stereocenters. The third kappa shape index (κ3) is 6.17. The topological polar surface area (TPSA) is 87.0 Å². The van der Waals surface area contributed by atoms with Gasteiger partial charge in [0.05, 0.1) is 17.8 Å². The van der Waals surface area contributed by atoms with Gasteiger partial charge < -0.3 is 20.1 Å². The van der Waals surface area contributed by atoms with E-state index in [2.05, 4.69) is 19.1 Å². The second kappa shape index (κ2) is 10.9. The lowest BCUT2D eigenvalue weighted by molar-refractivity contribution is -0.147. The molecule has 186 valence electrons. The number of hydrogen-bond donors (Lipinski definition) is 3. The zero-order valence-electron chi connectivity index (χ0n) is 20.9. The van der Waals surface area contributed by atoms with E-state index in [1.54, 1.807) is 6.08 Å². The lowest BCUT2D eigenvalue weighted by atomic mass is 9.62. The van der Waals surface area contributed by atoms with Crippen LogP contribution in [0.25, 0.3) is 0 Å². The second-order valence-corrected chi connectivity index (χ2v) is 10.9. The summed E-state index contributed by atoms with van der Waals surface area (Å²) in [5.74, 6) is 0.417. The van der Waals surface area contributed by atoms with Crippen molar-refractivity contribution >= 4 is 5.97 Å². The first kappa shape index (κ1) is 26.2. The Hall–Kier alpha value is -1.43. The maximum atomic E-state index is 12.5. The molecule has 0 amide bonds. The minimum atomic E-state index is -0.950. The first-order chi connectivity index (χ1) is 15.6. The summed E-state index contributed by atoms with van der Waals surface area (Å²) in [6.07, 6.45) is 14.7.